The number of thiophene rings is 1. The third-order valence-electron chi connectivity index (χ3n) is 3.30. The van der Waals surface area contributed by atoms with Crippen molar-refractivity contribution in [3.8, 4) is 0 Å². The minimum Gasteiger partial charge on any atom is -0.314 e. The molecular formula is C13H22N2O2S2. The first kappa shape index (κ1) is 15.0. The van der Waals surface area contributed by atoms with E-state index in [0.29, 0.717) is 25.6 Å². The van der Waals surface area contributed by atoms with Gasteiger partial charge in [0.1, 0.15) is 0 Å². The van der Waals surface area contributed by atoms with Crippen molar-refractivity contribution in [3.05, 3.63) is 21.9 Å². The maximum absolute atomic E-state index is 12.3. The summed E-state index contributed by atoms with van der Waals surface area (Å²) in [6, 6.07) is 2.45. The van der Waals surface area contributed by atoms with Crippen molar-refractivity contribution in [3.63, 3.8) is 0 Å². The van der Waals surface area contributed by atoms with Crippen LogP contribution in [-0.4, -0.2) is 37.6 Å². The van der Waals surface area contributed by atoms with Crippen LogP contribution in [0.4, 0.5) is 0 Å². The molecule has 19 heavy (non-hydrogen) atoms. The fourth-order valence-electron chi connectivity index (χ4n) is 2.23. The Balaban J connectivity index is 1.87. The molecule has 0 saturated carbocycles. The van der Waals surface area contributed by atoms with Crippen molar-refractivity contribution in [2.75, 3.05) is 18.8 Å². The summed E-state index contributed by atoms with van der Waals surface area (Å²) in [4.78, 5) is 1.34. The molecule has 2 rings (SSSR count). The topological polar surface area (TPSA) is 49.4 Å². The highest BCUT2D eigenvalue weighted by molar-refractivity contribution is 7.89. The van der Waals surface area contributed by atoms with Crippen LogP contribution in [0.25, 0.3) is 0 Å². The summed E-state index contributed by atoms with van der Waals surface area (Å²) < 4.78 is 26.2. The molecule has 0 aromatic carbocycles. The van der Waals surface area contributed by atoms with Gasteiger partial charge in [-0.25, -0.2) is 8.42 Å². The quantitative estimate of drug-likeness (QED) is 0.816. The minimum atomic E-state index is -3.10. The predicted molar refractivity (Wildman–Crippen MR) is 80.0 cm³/mol. The highest BCUT2D eigenvalue weighted by Crippen LogP contribution is 2.25. The van der Waals surface area contributed by atoms with Crippen LogP contribution < -0.4 is 5.32 Å². The van der Waals surface area contributed by atoms with E-state index in [2.05, 4.69) is 19.2 Å². The minimum absolute atomic E-state index is 0.242. The molecule has 0 atom stereocenters. The number of fused-ring (bicyclic) bond motifs is 1. The van der Waals surface area contributed by atoms with E-state index in [1.165, 1.54) is 10.4 Å². The van der Waals surface area contributed by atoms with E-state index < -0.39 is 10.0 Å². The first-order chi connectivity index (χ1) is 8.99. The van der Waals surface area contributed by atoms with Crippen molar-refractivity contribution >= 4 is 21.4 Å². The summed E-state index contributed by atoms with van der Waals surface area (Å²) in [5.41, 5.74) is 1.18. The third-order valence-corrected chi connectivity index (χ3v) is 6.22. The monoisotopic (exact) mass is 302 g/mol. The van der Waals surface area contributed by atoms with Crippen molar-refractivity contribution in [2.45, 2.75) is 39.3 Å². The van der Waals surface area contributed by atoms with E-state index in [4.69, 9.17) is 0 Å². The van der Waals surface area contributed by atoms with E-state index in [0.717, 1.165) is 13.0 Å². The Morgan fingerprint density at radius 3 is 3.00 bits per heavy atom. The highest BCUT2D eigenvalue weighted by atomic mass is 32.2. The average molecular weight is 302 g/mol. The number of rotatable bonds is 6. The molecule has 0 amide bonds. The van der Waals surface area contributed by atoms with Gasteiger partial charge in [0.15, 0.2) is 0 Å². The van der Waals surface area contributed by atoms with E-state index in [9.17, 15) is 8.42 Å². The molecule has 1 aromatic heterocycles. The van der Waals surface area contributed by atoms with Crippen LogP contribution in [0.3, 0.4) is 0 Å². The maximum Gasteiger partial charge on any atom is 0.214 e. The molecule has 0 spiro atoms. The SMILES string of the molecule is CC(C)NCCCS(=O)(=O)N1CCc2sccc2C1. The molecular weight excluding hydrogens is 280 g/mol. The van der Waals surface area contributed by atoms with Gasteiger partial charge in [-0.3, -0.25) is 0 Å². The first-order valence-electron chi connectivity index (χ1n) is 6.75. The van der Waals surface area contributed by atoms with Crippen molar-refractivity contribution in [2.24, 2.45) is 0 Å². The smallest absolute Gasteiger partial charge is 0.214 e. The predicted octanol–water partition coefficient (Wildman–Crippen LogP) is 1.82. The summed E-state index contributed by atoms with van der Waals surface area (Å²) in [5.74, 6) is 0.242. The zero-order valence-corrected chi connectivity index (χ0v) is 13.2. The Morgan fingerprint density at radius 2 is 2.26 bits per heavy atom. The fourth-order valence-corrected chi connectivity index (χ4v) is 4.60. The average Bonchev–Trinajstić information content (AvgIpc) is 2.81. The standard InChI is InChI=1S/C13H22N2O2S2/c1-11(2)14-6-3-9-19(16,17)15-7-4-13-12(10-15)5-8-18-13/h5,8,11,14H,3-4,6-7,9-10H2,1-2H3. The van der Waals surface area contributed by atoms with E-state index in [-0.39, 0.29) is 5.75 Å². The summed E-state index contributed by atoms with van der Waals surface area (Å²) in [6.07, 6.45) is 1.53. The van der Waals surface area contributed by atoms with Gasteiger partial charge in [-0.05, 0) is 36.4 Å². The van der Waals surface area contributed by atoms with E-state index in [1.807, 2.05) is 11.4 Å². The maximum atomic E-state index is 12.3. The molecule has 0 fully saturated rings. The molecule has 1 aliphatic rings. The van der Waals surface area contributed by atoms with Gasteiger partial charge in [-0.2, -0.15) is 4.31 Å². The highest BCUT2D eigenvalue weighted by Gasteiger charge is 2.26. The lowest BCUT2D eigenvalue weighted by atomic mass is 10.1. The number of sulfonamides is 1. The Kier molecular flexibility index (Phi) is 5.00. The van der Waals surface area contributed by atoms with Gasteiger partial charge in [0.05, 0.1) is 5.75 Å². The number of hydrogen-bond donors (Lipinski definition) is 1. The number of nitrogens with one attached hydrogen (secondary N) is 1. The molecule has 0 aliphatic carbocycles. The van der Waals surface area contributed by atoms with E-state index in [1.54, 1.807) is 15.6 Å². The van der Waals surface area contributed by atoms with Crippen molar-refractivity contribution in [1.29, 1.82) is 0 Å². The molecule has 0 unspecified atom stereocenters. The van der Waals surface area contributed by atoms with Crippen molar-refractivity contribution < 1.29 is 8.42 Å². The molecule has 108 valence electrons. The Bertz CT molecular complexity index is 508. The van der Waals surface area contributed by atoms with Crippen LogP contribution in [0, 0.1) is 0 Å². The molecule has 4 nitrogen and oxygen atoms in total. The van der Waals surface area contributed by atoms with Crippen LogP contribution in [0.5, 0.6) is 0 Å². The van der Waals surface area contributed by atoms with Gasteiger partial charge in [-0.1, -0.05) is 13.8 Å². The van der Waals surface area contributed by atoms with Crippen LogP contribution in [0.15, 0.2) is 11.4 Å². The number of nitrogens with zero attached hydrogens (tertiary/aromatic N) is 1. The van der Waals surface area contributed by atoms with Crippen molar-refractivity contribution in [1.82, 2.24) is 9.62 Å². The second kappa shape index (κ2) is 6.35. The van der Waals surface area contributed by atoms with Gasteiger partial charge >= 0.3 is 0 Å². The third kappa shape index (κ3) is 4.02. The van der Waals surface area contributed by atoms with Crippen LogP contribution in [-0.2, 0) is 23.0 Å². The van der Waals surface area contributed by atoms with Gasteiger partial charge in [0.25, 0.3) is 0 Å². The van der Waals surface area contributed by atoms with Crippen LogP contribution in [0.2, 0.25) is 0 Å². The lowest BCUT2D eigenvalue weighted by molar-refractivity contribution is 0.393. The molecule has 2 heterocycles. The van der Waals surface area contributed by atoms with Gasteiger partial charge in [0.2, 0.25) is 10.0 Å². The van der Waals surface area contributed by atoms with E-state index >= 15 is 0 Å². The fraction of sp³-hybridized carbons (Fsp3) is 0.692. The van der Waals surface area contributed by atoms with Gasteiger partial charge < -0.3 is 5.32 Å². The zero-order valence-electron chi connectivity index (χ0n) is 11.6. The van der Waals surface area contributed by atoms with Crippen LogP contribution >= 0.6 is 11.3 Å². The molecule has 0 saturated heterocycles. The Labute approximate surface area is 119 Å². The molecule has 6 heteroatoms. The lowest BCUT2D eigenvalue weighted by Gasteiger charge is -2.26. The van der Waals surface area contributed by atoms with Gasteiger partial charge in [-0.15, -0.1) is 11.3 Å². The molecule has 1 N–H and O–H groups in total. The molecule has 1 aromatic rings. The Morgan fingerprint density at radius 1 is 1.47 bits per heavy atom. The zero-order chi connectivity index (χ0) is 13.9. The second-order valence-electron chi connectivity index (χ2n) is 5.23. The normalized spacial score (nSPS) is 16.8. The summed E-state index contributed by atoms with van der Waals surface area (Å²) >= 11 is 1.73. The Hall–Kier alpha value is -0.430. The molecule has 1 aliphatic heterocycles. The molecule has 0 radical (unpaired) electrons. The summed E-state index contributed by atoms with van der Waals surface area (Å²) in [5, 5.41) is 5.30. The summed E-state index contributed by atoms with van der Waals surface area (Å²) in [6.45, 7) is 6.08. The first-order valence-corrected chi connectivity index (χ1v) is 9.24. The largest absolute Gasteiger partial charge is 0.314 e. The van der Waals surface area contributed by atoms with Gasteiger partial charge in [0, 0.05) is 24.0 Å². The summed E-state index contributed by atoms with van der Waals surface area (Å²) in [7, 11) is -3.10. The number of hydrogen-bond acceptors (Lipinski definition) is 4. The van der Waals surface area contributed by atoms with Crippen LogP contribution in [0.1, 0.15) is 30.7 Å². The lowest BCUT2D eigenvalue weighted by Crippen LogP contribution is -2.37. The second-order valence-corrected chi connectivity index (χ2v) is 8.32. The molecule has 0 bridgehead atoms.